The van der Waals surface area contributed by atoms with Crippen LogP contribution in [0.2, 0.25) is 0 Å². The molecule has 1 atom stereocenters. The van der Waals surface area contributed by atoms with Crippen LogP contribution in [0.4, 0.5) is 0 Å². The molecule has 0 aromatic carbocycles. The lowest BCUT2D eigenvalue weighted by Gasteiger charge is -2.27. The van der Waals surface area contributed by atoms with Gasteiger partial charge in [0.05, 0.1) is 6.54 Å². The molecule has 0 aliphatic rings. The molecule has 0 fully saturated rings. The smallest absolute Gasteiger partial charge is 0.235 e. The van der Waals surface area contributed by atoms with Gasteiger partial charge >= 0.3 is 0 Å². The maximum atomic E-state index is 11.1. The molecule has 0 aromatic heterocycles. The van der Waals surface area contributed by atoms with Crippen LogP contribution < -0.4 is 17.0 Å². The molecule has 16 heavy (non-hydrogen) atoms. The molecule has 0 saturated heterocycles. The molecule has 0 radical (unpaired) electrons. The minimum absolute atomic E-state index is 0.0393. The third kappa shape index (κ3) is 6.36. The summed E-state index contributed by atoms with van der Waals surface area (Å²) in [6, 6.07) is -0.0393. The number of nitrogens with zero attached hydrogens (tertiary/aromatic N) is 1. The summed E-state index contributed by atoms with van der Waals surface area (Å²) in [4.78, 5) is 23.9. The van der Waals surface area contributed by atoms with E-state index in [1.54, 1.807) is 0 Å². The molecule has 0 saturated carbocycles. The van der Waals surface area contributed by atoms with Crippen LogP contribution in [0.25, 0.3) is 0 Å². The second-order valence-corrected chi connectivity index (χ2v) is 3.91. The molecule has 0 aliphatic carbocycles. The summed E-state index contributed by atoms with van der Waals surface area (Å²) in [5.41, 5.74) is 7.24. The number of rotatable bonds is 8. The SMILES string of the molecule is CCCCN(CC(N)=O)C(C)CC(=O)NN. The monoisotopic (exact) mass is 230 g/mol. The Bertz CT molecular complexity index is 233. The van der Waals surface area contributed by atoms with Crippen LogP contribution in [-0.2, 0) is 9.59 Å². The lowest BCUT2D eigenvalue weighted by Crippen LogP contribution is -2.43. The van der Waals surface area contributed by atoms with Crippen molar-refractivity contribution in [1.29, 1.82) is 0 Å². The van der Waals surface area contributed by atoms with Crippen LogP contribution in [0.1, 0.15) is 33.1 Å². The number of hydrogen-bond acceptors (Lipinski definition) is 4. The molecule has 5 N–H and O–H groups in total. The van der Waals surface area contributed by atoms with Gasteiger partial charge in [-0.15, -0.1) is 0 Å². The molecule has 94 valence electrons. The topological polar surface area (TPSA) is 101 Å². The van der Waals surface area contributed by atoms with E-state index in [1.165, 1.54) is 0 Å². The van der Waals surface area contributed by atoms with Crippen LogP contribution in [0, 0.1) is 0 Å². The summed E-state index contributed by atoms with van der Waals surface area (Å²) >= 11 is 0. The number of carbonyl (C=O) groups excluding carboxylic acids is 2. The second-order valence-electron chi connectivity index (χ2n) is 3.91. The normalized spacial score (nSPS) is 12.5. The summed E-state index contributed by atoms with van der Waals surface area (Å²) in [6.45, 7) is 4.89. The largest absolute Gasteiger partial charge is 0.369 e. The van der Waals surface area contributed by atoms with Crippen molar-refractivity contribution in [2.24, 2.45) is 11.6 Å². The predicted molar refractivity (Wildman–Crippen MR) is 62.1 cm³/mol. The van der Waals surface area contributed by atoms with Crippen LogP contribution in [-0.4, -0.2) is 35.8 Å². The second kappa shape index (κ2) is 8.06. The highest BCUT2D eigenvalue weighted by molar-refractivity contribution is 5.77. The van der Waals surface area contributed by atoms with Gasteiger partial charge in [-0.05, 0) is 19.9 Å². The van der Waals surface area contributed by atoms with Crippen LogP contribution in [0.15, 0.2) is 0 Å². The first-order valence-electron chi connectivity index (χ1n) is 5.53. The number of nitrogens with one attached hydrogen (secondary N) is 1. The quantitative estimate of drug-likeness (QED) is 0.293. The van der Waals surface area contributed by atoms with E-state index in [9.17, 15) is 9.59 Å². The first-order valence-corrected chi connectivity index (χ1v) is 5.53. The van der Waals surface area contributed by atoms with Crippen molar-refractivity contribution in [3.63, 3.8) is 0 Å². The maximum absolute atomic E-state index is 11.1. The lowest BCUT2D eigenvalue weighted by atomic mass is 10.1. The van der Waals surface area contributed by atoms with Gasteiger partial charge in [0.15, 0.2) is 0 Å². The Morgan fingerprint density at radius 1 is 1.44 bits per heavy atom. The van der Waals surface area contributed by atoms with E-state index < -0.39 is 0 Å². The van der Waals surface area contributed by atoms with Gasteiger partial charge in [-0.1, -0.05) is 13.3 Å². The maximum Gasteiger partial charge on any atom is 0.235 e. The average Bonchev–Trinajstić information content (AvgIpc) is 2.23. The molecule has 0 rings (SSSR count). The number of hydrazine groups is 1. The summed E-state index contributed by atoms with van der Waals surface area (Å²) < 4.78 is 0. The Morgan fingerprint density at radius 3 is 2.50 bits per heavy atom. The number of hydrogen-bond donors (Lipinski definition) is 3. The fourth-order valence-electron chi connectivity index (χ4n) is 1.47. The molecular weight excluding hydrogens is 208 g/mol. The number of primary amides is 1. The fraction of sp³-hybridized carbons (Fsp3) is 0.800. The summed E-state index contributed by atoms with van der Waals surface area (Å²) in [6.07, 6.45) is 2.28. The molecule has 6 heteroatoms. The Balaban J connectivity index is 4.24. The zero-order chi connectivity index (χ0) is 12.6. The Kier molecular flexibility index (Phi) is 7.49. The molecular formula is C10H22N4O2. The predicted octanol–water partition coefficient (Wildman–Crippen LogP) is -0.658. The third-order valence-electron chi connectivity index (χ3n) is 2.42. The van der Waals surface area contributed by atoms with Gasteiger partial charge in [0.1, 0.15) is 0 Å². The zero-order valence-corrected chi connectivity index (χ0v) is 10.0. The van der Waals surface area contributed by atoms with E-state index in [4.69, 9.17) is 11.6 Å². The van der Waals surface area contributed by atoms with Crippen LogP contribution in [0.5, 0.6) is 0 Å². The van der Waals surface area contributed by atoms with E-state index in [0.717, 1.165) is 19.4 Å². The van der Waals surface area contributed by atoms with Crippen LogP contribution in [0.3, 0.4) is 0 Å². The fourth-order valence-corrected chi connectivity index (χ4v) is 1.47. The molecule has 2 amide bonds. The minimum atomic E-state index is -0.379. The number of unbranched alkanes of at least 4 members (excludes halogenated alkanes) is 1. The Hall–Kier alpha value is -1.14. The average molecular weight is 230 g/mol. The summed E-state index contributed by atoms with van der Waals surface area (Å²) in [7, 11) is 0. The van der Waals surface area contributed by atoms with Crippen molar-refractivity contribution in [2.75, 3.05) is 13.1 Å². The van der Waals surface area contributed by atoms with Gasteiger partial charge in [-0.3, -0.25) is 19.9 Å². The zero-order valence-electron chi connectivity index (χ0n) is 10.0. The lowest BCUT2D eigenvalue weighted by molar-refractivity contribution is -0.124. The number of carbonyl (C=O) groups is 2. The van der Waals surface area contributed by atoms with E-state index in [-0.39, 0.29) is 30.8 Å². The van der Waals surface area contributed by atoms with Crippen molar-refractivity contribution in [3.05, 3.63) is 0 Å². The van der Waals surface area contributed by atoms with E-state index in [2.05, 4.69) is 12.3 Å². The highest BCUT2D eigenvalue weighted by atomic mass is 16.2. The Morgan fingerprint density at radius 2 is 2.06 bits per heavy atom. The van der Waals surface area contributed by atoms with Gasteiger partial charge in [-0.2, -0.15) is 0 Å². The summed E-state index contributed by atoms with van der Waals surface area (Å²) in [5.74, 6) is 4.40. The van der Waals surface area contributed by atoms with Gasteiger partial charge in [0.25, 0.3) is 0 Å². The molecule has 6 nitrogen and oxygen atoms in total. The highest BCUT2D eigenvalue weighted by Crippen LogP contribution is 2.05. The molecule has 0 bridgehead atoms. The summed E-state index contributed by atoms with van der Waals surface area (Å²) in [5, 5.41) is 0. The van der Waals surface area contributed by atoms with Crippen LogP contribution >= 0.6 is 0 Å². The van der Waals surface area contributed by atoms with Gasteiger partial charge in [0.2, 0.25) is 11.8 Å². The van der Waals surface area contributed by atoms with Gasteiger partial charge < -0.3 is 5.73 Å². The molecule has 1 unspecified atom stereocenters. The third-order valence-corrected chi connectivity index (χ3v) is 2.42. The van der Waals surface area contributed by atoms with Crippen molar-refractivity contribution < 1.29 is 9.59 Å². The molecule has 0 aliphatic heterocycles. The molecule has 0 heterocycles. The minimum Gasteiger partial charge on any atom is -0.369 e. The first-order chi connectivity index (χ1) is 7.51. The highest BCUT2D eigenvalue weighted by Gasteiger charge is 2.17. The number of nitrogens with two attached hydrogens (primary N) is 2. The Labute approximate surface area is 96.3 Å². The van der Waals surface area contributed by atoms with Crippen molar-refractivity contribution in [2.45, 2.75) is 39.2 Å². The molecule has 0 spiro atoms. The first kappa shape index (κ1) is 14.9. The van der Waals surface area contributed by atoms with Crippen molar-refractivity contribution >= 4 is 11.8 Å². The standard InChI is InChI=1S/C10H22N4O2/c1-3-4-5-14(7-9(11)15)8(2)6-10(16)13-12/h8H,3-7,12H2,1-2H3,(H2,11,15)(H,13,16). The van der Waals surface area contributed by atoms with Crippen molar-refractivity contribution in [3.8, 4) is 0 Å². The number of amides is 2. The van der Waals surface area contributed by atoms with E-state index in [1.807, 2.05) is 11.8 Å². The van der Waals surface area contributed by atoms with E-state index in [0.29, 0.717) is 0 Å². The molecule has 0 aromatic rings. The van der Waals surface area contributed by atoms with E-state index >= 15 is 0 Å². The van der Waals surface area contributed by atoms with Crippen molar-refractivity contribution in [1.82, 2.24) is 10.3 Å². The van der Waals surface area contributed by atoms with Gasteiger partial charge in [-0.25, -0.2) is 5.84 Å². The van der Waals surface area contributed by atoms with Gasteiger partial charge in [0, 0.05) is 12.5 Å².